The van der Waals surface area contributed by atoms with Gasteiger partial charge in [0.15, 0.2) is 5.54 Å². The first-order valence-corrected chi connectivity index (χ1v) is 7.43. The van der Waals surface area contributed by atoms with Gasteiger partial charge < -0.3 is 15.2 Å². The Labute approximate surface area is 121 Å². The Kier molecular flexibility index (Phi) is 4.54. The maximum atomic E-state index is 11.8. The molecule has 1 saturated heterocycles. The van der Waals surface area contributed by atoms with E-state index >= 15 is 0 Å². The van der Waals surface area contributed by atoms with Crippen LogP contribution in [0.15, 0.2) is 30.3 Å². The third-order valence-corrected chi connectivity index (χ3v) is 4.82. The van der Waals surface area contributed by atoms with Crippen molar-refractivity contribution in [2.24, 2.45) is 0 Å². The molecule has 1 heterocycles. The molecule has 20 heavy (non-hydrogen) atoms. The van der Waals surface area contributed by atoms with Crippen molar-refractivity contribution in [3.8, 4) is 0 Å². The number of amides is 1. The van der Waals surface area contributed by atoms with Crippen LogP contribution in [0.4, 0.5) is 4.79 Å². The molecule has 0 spiro atoms. The lowest BCUT2D eigenvalue weighted by atomic mass is 9.93. The Morgan fingerprint density at radius 2 is 2.15 bits per heavy atom. The van der Waals surface area contributed by atoms with E-state index in [4.69, 9.17) is 4.74 Å². The molecule has 1 fully saturated rings. The number of hydrogen-bond acceptors (Lipinski definition) is 4. The zero-order chi connectivity index (χ0) is 14.6. The summed E-state index contributed by atoms with van der Waals surface area (Å²) in [5, 5.41) is 11.7. The Hall–Kier alpha value is -1.69. The van der Waals surface area contributed by atoms with E-state index in [9.17, 15) is 14.7 Å². The Bertz CT molecular complexity index is 493. The predicted molar refractivity (Wildman–Crippen MR) is 76.7 cm³/mol. The van der Waals surface area contributed by atoms with Gasteiger partial charge in [0.1, 0.15) is 6.61 Å². The van der Waals surface area contributed by atoms with Gasteiger partial charge in [-0.15, -0.1) is 0 Å². The molecule has 1 aliphatic heterocycles. The van der Waals surface area contributed by atoms with E-state index in [1.165, 1.54) is 11.8 Å². The molecule has 0 unspecified atom stereocenters. The van der Waals surface area contributed by atoms with Gasteiger partial charge in [-0.1, -0.05) is 37.3 Å². The molecule has 108 valence electrons. The van der Waals surface area contributed by atoms with Gasteiger partial charge in [0.25, 0.3) is 0 Å². The summed E-state index contributed by atoms with van der Waals surface area (Å²) in [6.45, 7) is 1.94. The summed E-state index contributed by atoms with van der Waals surface area (Å²) in [6, 6.07) is 9.26. The molecule has 0 aromatic heterocycles. The van der Waals surface area contributed by atoms with E-state index in [-0.39, 0.29) is 11.9 Å². The van der Waals surface area contributed by atoms with Crippen LogP contribution in [0.3, 0.4) is 0 Å². The quantitative estimate of drug-likeness (QED) is 0.891. The van der Waals surface area contributed by atoms with Gasteiger partial charge in [-0.2, -0.15) is 11.8 Å². The van der Waals surface area contributed by atoms with Crippen molar-refractivity contribution < 1.29 is 19.4 Å². The third-order valence-electron chi connectivity index (χ3n) is 3.48. The third kappa shape index (κ3) is 3.07. The van der Waals surface area contributed by atoms with E-state index in [1.54, 1.807) is 0 Å². The van der Waals surface area contributed by atoms with Gasteiger partial charge >= 0.3 is 12.1 Å². The molecule has 1 aliphatic rings. The summed E-state index contributed by atoms with van der Waals surface area (Å²) in [7, 11) is 0. The molecular weight excluding hydrogens is 278 g/mol. The number of nitrogens with one attached hydrogen (secondary N) is 1. The summed E-state index contributed by atoms with van der Waals surface area (Å²) in [6.07, 6.45) is -0.278. The van der Waals surface area contributed by atoms with Crippen molar-refractivity contribution in [3.05, 3.63) is 35.9 Å². The number of ether oxygens (including phenoxy) is 1. The van der Waals surface area contributed by atoms with E-state index in [1.807, 2.05) is 37.3 Å². The normalized spacial score (nSPS) is 25.1. The summed E-state index contributed by atoms with van der Waals surface area (Å²) in [4.78, 5) is 23.3. The monoisotopic (exact) mass is 295 g/mol. The summed E-state index contributed by atoms with van der Waals surface area (Å²) in [5.41, 5.74) is -0.362. The SMILES string of the molecule is C[C@@H]1SCC[C@@]1(NC(=O)OCc1ccccc1)C(=O)O. The number of carbonyl (C=O) groups excluding carboxylic acids is 1. The molecule has 0 aliphatic carbocycles. The number of aliphatic carboxylic acids is 1. The Morgan fingerprint density at radius 3 is 2.70 bits per heavy atom. The predicted octanol–water partition coefficient (Wildman–Crippen LogP) is 2.26. The smallest absolute Gasteiger partial charge is 0.408 e. The number of carbonyl (C=O) groups is 2. The van der Waals surface area contributed by atoms with Crippen molar-refractivity contribution in [2.75, 3.05) is 5.75 Å². The number of carboxylic acids is 1. The molecule has 6 heteroatoms. The number of thioether (sulfide) groups is 1. The van der Waals surface area contributed by atoms with Crippen molar-refractivity contribution in [1.29, 1.82) is 0 Å². The molecular formula is C14H17NO4S. The molecule has 0 saturated carbocycles. The first-order valence-electron chi connectivity index (χ1n) is 6.38. The van der Waals surface area contributed by atoms with Crippen molar-refractivity contribution >= 4 is 23.8 Å². The molecule has 2 N–H and O–H groups in total. The van der Waals surface area contributed by atoms with Gasteiger partial charge in [0.2, 0.25) is 0 Å². The maximum Gasteiger partial charge on any atom is 0.408 e. The number of rotatable bonds is 4. The molecule has 2 atom stereocenters. The molecule has 1 aromatic rings. The van der Waals surface area contributed by atoms with Gasteiger partial charge in [0, 0.05) is 5.25 Å². The number of benzene rings is 1. The fourth-order valence-electron chi connectivity index (χ4n) is 2.18. The van der Waals surface area contributed by atoms with Crippen LogP contribution in [-0.2, 0) is 16.1 Å². The Morgan fingerprint density at radius 1 is 1.45 bits per heavy atom. The van der Waals surface area contributed by atoms with Crippen LogP contribution >= 0.6 is 11.8 Å². The van der Waals surface area contributed by atoms with Crippen LogP contribution < -0.4 is 5.32 Å². The second-order valence-electron chi connectivity index (χ2n) is 4.73. The van der Waals surface area contributed by atoms with Gasteiger partial charge in [0.05, 0.1) is 0 Å². The van der Waals surface area contributed by atoms with Crippen LogP contribution in [0.5, 0.6) is 0 Å². The molecule has 0 radical (unpaired) electrons. The fraction of sp³-hybridized carbons (Fsp3) is 0.429. The minimum atomic E-state index is -1.22. The summed E-state index contributed by atoms with van der Waals surface area (Å²) >= 11 is 1.54. The van der Waals surface area contributed by atoms with E-state index < -0.39 is 17.6 Å². The number of hydrogen-bond donors (Lipinski definition) is 2. The van der Waals surface area contributed by atoms with Gasteiger partial charge in [-0.3, -0.25) is 0 Å². The molecule has 5 nitrogen and oxygen atoms in total. The fourth-order valence-corrected chi connectivity index (χ4v) is 3.54. The van der Waals surface area contributed by atoms with E-state index in [0.717, 1.165) is 5.56 Å². The van der Waals surface area contributed by atoms with Crippen LogP contribution in [0.25, 0.3) is 0 Å². The van der Waals surface area contributed by atoms with Gasteiger partial charge in [-0.25, -0.2) is 9.59 Å². The summed E-state index contributed by atoms with van der Waals surface area (Å²) < 4.78 is 5.09. The average molecular weight is 295 g/mol. The largest absolute Gasteiger partial charge is 0.479 e. The first-order chi connectivity index (χ1) is 9.54. The average Bonchev–Trinajstić information content (AvgIpc) is 2.80. The highest BCUT2D eigenvalue weighted by Crippen LogP contribution is 2.36. The lowest BCUT2D eigenvalue weighted by molar-refractivity contribution is -0.144. The molecule has 2 rings (SSSR count). The number of carboxylic acid groups (broad SMARTS) is 1. The minimum Gasteiger partial charge on any atom is -0.479 e. The number of alkyl carbamates (subject to hydrolysis) is 1. The Balaban J connectivity index is 1.94. The lowest BCUT2D eigenvalue weighted by Crippen LogP contribution is -2.58. The highest BCUT2D eigenvalue weighted by atomic mass is 32.2. The van der Waals surface area contributed by atoms with Crippen molar-refractivity contribution in [1.82, 2.24) is 5.32 Å². The van der Waals surface area contributed by atoms with Crippen molar-refractivity contribution in [3.63, 3.8) is 0 Å². The highest BCUT2D eigenvalue weighted by Gasteiger charge is 2.49. The van der Waals surface area contributed by atoms with Crippen LogP contribution in [-0.4, -0.2) is 33.7 Å². The molecule has 1 amide bonds. The summed E-state index contributed by atoms with van der Waals surface area (Å²) in [5.74, 6) is -0.293. The second kappa shape index (κ2) is 6.17. The highest BCUT2D eigenvalue weighted by molar-refractivity contribution is 8.00. The van der Waals surface area contributed by atoms with E-state index in [2.05, 4.69) is 5.32 Å². The zero-order valence-electron chi connectivity index (χ0n) is 11.2. The first kappa shape index (κ1) is 14.7. The topological polar surface area (TPSA) is 75.6 Å². The molecule has 0 bridgehead atoms. The maximum absolute atomic E-state index is 11.8. The molecule has 1 aromatic carbocycles. The standard InChI is InChI=1S/C14H17NO4S/c1-10-14(12(16)17,7-8-20-10)15-13(18)19-9-11-5-3-2-4-6-11/h2-6,10H,7-9H2,1H3,(H,15,18)(H,16,17)/t10-,14-/m0/s1. The second-order valence-corrected chi connectivity index (χ2v) is 6.17. The zero-order valence-corrected chi connectivity index (χ0v) is 12.0. The minimum absolute atomic E-state index is 0.129. The van der Waals surface area contributed by atoms with Gasteiger partial charge in [-0.05, 0) is 17.7 Å². The van der Waals surface area contributed by atoms with Crippen LogP contribution in [0.2, 0.25) is 0 Å². The van der Waals surface area contributed by atoms with Crippen molar-refractivity contribution in [2.45, 2.75) is 30.7 Å². The van der Waals surface area contributed by atoms with Crippen LogP contribution in [0, 0.1) is 0 Å². The lowest BCUT2D eigenvalue weighted by Gasteiger charge is -2.28. The van der Waals surface area contributed by atoms with E-state index in [0.29, 0.717) is 12.2 Å². The van der Waals surface area contributed by atoms with Crippen LogP contribution in [0.1, 0.15) is 18.9 Å².